The molecule has 1 aliphatic heterocycles. The largest absolute Gasteiger partial charge is 0.416 e. The van der Waals surface area contributed by atoms with E-state index in [0.29, 0.717) is 16.7 Å². The molecule has 1 amide bonds. The third-order valence-corrected chi connectivity index (χ3v) is 9.55. The van der Waals surface area contributed by atoms with Crippen molar-refractivity contribution >= 4 is 28.6 Å². The van der Waals surface area contributed by atoms with E-state index < -0.39 is 119 Å². The number of likely N-dealkylation sites (tertiary alicyclic amines) is 1. The van der Waals surface area contributed by atoms with Crippen molar-refractivity contribution in [1.29, 1.82) is 0 Å². The highest BCUT2D eigenvalue weighted by atomic mass is 32.2. The van der Waals surface area contributed by atoms with Gasteiger partial charge in [0.25, 0.3) is 0 Å². The maximum absolute atomic E-state index is 15.1. The van der Waals surface area contributed by atoms with Gasteiger partial charge in [-0.05, 0) is 66.7 Å². The van der Waals surface area contributed by atoms with Crippen LogP contribution in [0.25, 0.3) is 22.0 Å². The van der Waals surface area contributed by atoms with Crippen molar-refractivity contribution in [2.45, 2.75) is 55.8 Å². The lowest BCUT2D eigenvalue weighted by Gasteiger charge is -2.39. The van der Waals surface area contributed by atoms with Crippen molar-refractivity contribution in [2.24, 2.45) is 0 Å². The predicted octanol–water partition coefficient (Wildman–Crippen LogP) is 8.71. The molecule has 0 N–H and O–H groups in total. The third kappa shape index (κ3) is 9.17. The van der Waals surface area contributed by atoms with Gasteiger partial charge in [-0.2, -0.15) is 13.2 Å². The van der Waals surface area contributed by atoms with Crippen molar-refractivity contribution in [1.82, 2.24) is 14.4 Å². The number of fused-ring (bicyclic) bond motifs is 1. The van der Waals surface area contributed by atoms with Crippen LogP contribution < -0.4 is 5.43 Å². The monoisotopic (exact) mass is 762 g/mol. The number of thioether (sulfide) groups is 1. The number of hydrogen-bond donors (Lipinski definition) is 0. The summed E-state index contributed by atoms with van der Waals surface area (Å²) in [6.45, 7) is -6.66. The lowest BCUT2D eigenvalue weighted by molar-refractivity contribution is -0.137. The number of amides is 1. The number of carbonyl (C=O) groups excluding carboxylic acids is 1. The summed E-state index contributed by atoms with van der Waals surface area (Å²) in [5, 5.41) is -1.17. The average molecular weight is 763 g/mol. The van der Waals surface area contributed by atoms with Crippen LogP contribution in [0.4, 0.5) is 22.0 Å². The van der Waals surface area contributed by atoms with E-state index in [4.69, 9.17) is 17.8 Å². The van der Waals surface area contributed by atoms with Crippen LogP contribution in [0.1, 0.15) is 52.9 Å². The van der Waals surface area contributed by atoms with Crippen LogP contribution in [0.15, 0.2) is 101 Å². The Bertz CT molecular complexity index is 2710. The maximum atomic E-state index is 15.1. The third-order valence-electron chi connectivity index (χ3n) is 8.72. The molecule has 1 saturated heterocycles. The van der Waals surface area contributed by atoms with Gasteiger partial charge >= 0.3 is 6.18 Å². The molecule has 2 heterocycles. The lowest BCUT2D eigenvalue weighted by Crippen LogP contribution is -2.48. The summed E-state index contributed by atoms with van der Waals surface area (Å²) in [5.41, 5.74) is -4.98. The first-order chi connectivity index (χ1) is 30.5. The number of ether oxygens (including phenoxy) is 1. The zero-order valence-electron chi connectivity index (χ0n) is 41.0. The molecule has 0 atom stereocenters. The van der Waals surface area contributed by atoms with Gasteiger partial charge in [-0.3, -0.25) is 9.59 Å². The lowest BCUT2D eigenvalue weighted by atomic mass is 10.00. The van der Waals surface area contributed by atoms with Crippen LogP contribution in [-0.2, 0) is 34.5 Å². The first kappa shape index (κ1) is 24.7. The summed E-state index contributed by atoms with van der Waals surface area (Å²) in [7, 11) is -3.30. The first-order valence-corrected chi connectivity index (χ1v) is 17.1. The summed E-state index contributed by atoms with van der Waals surface area (Å²) in [4.78, 5) is 31.2. The molecule has 1 aliphatic rings. The molecule has 0 radical (unpaired) electrons. The highest BCUT2D eigenvalue weighted by Crippen LogP contribution is 2.32. The molecule has 278 valence electrons. The van der Waals surface area contributed by atoms with Gasteiger partial charge in [0, 0.05) is 67.4 Å². The van der Waals surface area contributed by atoms with E-state index in [-0.39, 0.29) is 49.8 Å². The summed E-state index contributed by atoms with van der Waals surface area (Å²) in [6, 6.07) is 9.98. The fourth-order valence-corrected chi connectivity index (χ4v) is 6.75. The normalized spacial score (nSPS) is 18.8. The van der Waals surface area contributed by atoms with Crippen molar-refractivity contribution in [3.8, 4) is 11.1 Å². The SMILES string of the molecule is [2H]c1c(C)c([2H])c2c(=O)c([2H])c(SC([2H])([2H])c3cccc(F)c3F)n(CC(=O)N(Cc3ccc(-c4ccc(C(F)(F)F)cc4)cc3)C3CCN(C([2H])([2H])C([2H])([2H])OC([2H])([2H])[2H])CC3)c2c1[2H]. The number of carbonyl (C=O) groups is 1. The molecule has 0 bridgehead atoms. The van der Waals surface area contributed by atoms with E-state index in [1.807, 2.05) is 0 Å². The van der Waals surface area contributed by atoms with Crippen LogP contribution in [0, 0.1) is 18.6 Å². The van der Waals surface area contributed by atoms with E-state index in [9.17, 15) is 27.2 Å². The smallest absolute Gasteiger partial charge is 0.383 e. The second-order valence-corrected chi connectivity index (χ2v) is 13.0. The number of benzene rings is 4. The van der Waals surface area contributed by atoms with Crippen molar-refractivity contribution in [3.63, 3.8) is 0 Å². The number of hydrogen-bond acceptors (Lipinski definition) is 5. The summed E-state index contributed by atoms with van der Waals surface area (Å²) < 4.78 is 183. The molecule has 6 rings (SSSR count). The number of aromatic nitrogens is 1. The molecular weight excluding hydrogens is 710 g/mol. The second kappa shape index (κ2) is 16.7. The van der Waals surface area contributed by atoms with E-state index in [1.54, 1.807) is 24.3 Å². The van der Waals surface area contributed by atoms with Gasteiger partial charge in [-0.1, -0.05) is 60.1 Å². The van der Waals surface area contributed by atoms with Crippen molar-refractivity contribution in [3.05, 3.63) is 135 Å². The molecule has 1 aromatic heterocycles. The Balaban J connectivity index is 1.44. The van der Waals surface area contributed by atoms with E-state index >= 15 is 4.39 Å². The molecule has 12 heteroatoms. The van der Waals surface area contributed by atoms with Crippen molar-refractivity contribution < 1.29 is 49.3 Å². The van der Waals surface area contributed by atoms with Gasteiger partial charge in [-0.15, -0.1) is 11.8 Å². The van der Waals surface area contributed by atoms with Crippen LogP contribution in [0.3, 0.4) is 0 Å². The molecule has 0 saturated carbocycles. The van der Waals surface area contributed by atoms with Crippen molar-refractivity contribution in [2.75, 3.05) is 33.2 Å². The molecular formula is C41H40F5N3O3S. The van der Waals surface area contributed by atoms with Gasteiger partial charge in [0.2, 0.25) is 5.91 Å². The summed E-state index contributed by atoms with van der Waals surface area (Å²) in [6.07, 6.45) is -4.68. The Morgan fingerprint density at radius 1 is 1.02 bits per heavy atom. The highest BCUT2D eigenvalue weighted by Gasteiger charge is 2.31. The minimum atomic E-state index is -4.56. The Morgan fingerprint density at radius 3 is 2.40 bits per heavy atom. The van der Waals surface area contributed by atoms with Gasteiger partial charge in [0.15, 0.2) is 17.1 Å². The van der Waals surface area contributed by atoms with Gasteiger partial charge in [0.05, 0.1) is 35.0 Å². The molecule has 0 unspecified atom stereocenters. The number of nitrogens with zero attached hydrogens (tertiary/aromatic N) is 3. The minimum absolute atomic E-state index is 0.0601. The number of alkyl halides is 3. The summed E-state index contributed by atoms with van der Waals surface area (Å²) in [5.74, 6) is -3.81. The van der Waals surface area contributed by atoms with Crippen LogP contribution in [0.2, 0.25) is 0 Å². The molecule has 53 heavy (non-hydrogen) atoms. The summed E-state index contributed by atoms with van der Waals surface area (Å²) >= 11 is 0.0601. The quantitative estimate of drug-likeness (QED) is 0.0941. The zero-order chi connectivity index (χ0) is 49.1. The molecule has 0 aliphatic carbocycles. The van der Waals surface area contributed by atoms with Crippen LogP contribution in [-0.4, -0.2) is 59.5 Å². The van der Waals surface area contributed by atoms with Crippen LogP contribution >= 0.6 is 11.8 Å². The molecule has 4 aromatic carbocycles. The zero-order valence-corrected chi connectivity index (χ0v) is 28.9. The number of rotatable bonds is 12. The minimum Gasteiger partial charge on any atom is -0.383 e. The number of halogens is 5. The number of methoxy groups -OCH3 is 1. The first-order valence-electron chi connectivity index (χ1n) is 22.7. The van der Waals surface area contributed by atoms with E-state index in [1.165, 1.54) is 24.0 Å². The predicted molar refractivity (Wildman–Crippen MR) is 198 cm³/mol. The van der Waals surface area contributed by atoms with Gasteiger partial charge in [0.1, 0.15) is 6.54 Å². The fourth-order valence-electron chi connectivity index (χ4n) is 5.98. The molecule has 0 spiro atoms. The molecule has 5 aromatic rings. The van der Waals surface area contributed by atoms with Gasteiger partial charge in [-0.25, -0.2) is 8.78 Å². The standard InChI is InChI=1S/C41H40F5N3O3S/c1-27-6-15-36-34(22-27)37(50)23-39(53-26-31-4-3-5-35(42)40(31)43)49(36)25-38(51)48(33-16-18-47(19-17-33)20-21-52-2)24-28-7-9-29(10-8-28)30-11-13-32(14-12-30)41(44,45)46/h3-15,22-23,33H,16-21,24-26H2,1-2H3/i2D3,6D,15D,20D2,21D2,22D,23D,26D2. The molecule has 1 fully saturated rings. The second-order valence-electron chi connectivity index (χ2n) is 12.2. The molecule has 6 nitrogen and oxygen atoms in total. The Labute approximate surface area is 327 Å². The number of piperidine rings is 1. The average Bonchev–Trinajstić information content (AvgIpc) is 3.23. The Kier molecular flexibility index (Phi) is 7.77. The van der Waals surface area contributed by atoms with E-state index in [2.05, 4.69) is 4.74 Å². The Morgan fingerprint density at radius 2 is 1.72 bits per heavy atom. The number of pyridine rings is 1. The maximum Gasteiger partial charge on any atom is 0.416 e. The van der Waals surface area contributed by atoms with Gasteiger partial charge < -0.3 is 19.1 Å². The highest BCUT2D eigenvalue weighted by molar-refractivity contribution is 7.98. The topological polar surface area (TPSA) is 54.8 Å². The Hall–Kier alpha value is -4.52. The van der Waals surface area contributed by atoms with Crippen LogP contribution in [0.5, 0.6) is 0 Å². The van der Waals surface area contributed by atoms with E-state index in [0.717, 1.165) is 39.8 Å². The fraction of sp³-hybridized carbons (Fsp3) is 0.317.